The van der Waals surface area contributed by atoms with E-state index in [2.05, 4.69) is 0 Å². The highest BCUT2D eigenvalue weighted by atomic mass is 16.5. The molecule has 0 aromatic heterocycles. The van der Waals surface area contributed by atoms with Crippen molar-refractivity contribution in [1.82, 2.24) is 9.80 Å². The van der Waals surface area contributed by atoms with Gasteiger partial charge in [-0.1, -0.05) is 18.2 Å². The van der Waals surface area contributed by atoms with Gasteiger partial charge in [0.1, 0.15) is 11.9 Å². The number of benzene rings is 1. The normalized spacial score (nSPS) is 21.8. The highest BCUT2D eigenvalue weighted by Gasteiger charge is 2.43. The molecule has 24 heavy (non-hydrogen) atoms. The summed E-state index contributed by atoms with van der Waals surface area (Å²) in [5.74, 6) is 0.828. The minimum atomic E-state index is -0.225. The minimum absolute atomic E-state index is 0.0471. The van der Waals surface area contributed by atoms with Crippen molar-refractivity contribution in [2.24, 2.45) is 5.92 Å². The topological polar surface area (TPSA) is 49.9 Å². The van der Waals surface area contributed by atoms with Gasteiger partial charge >= 0.3 is 0 Å². The Morgan fingerprint density at radius 3 is 2.42 bits per heavy atom. The summed E-state index contributed by atoms with van der Waals surface area (Å²) in [6.45, 7) is 9.78. The molecule has 1 unspecified atom stereocenters. The maximum absolute atomic E-state index is 12.6. The van der Waals surface area contributed by atoms with E-state index in [-0.39, 0.29) is 29.4 Å². The van der Waals surface area contributed by atoms with Gasteiger partial charge in [0.2, 0.25) is 11.8 Å². The molecule has 5 heteroatoms. The molecule has 0 aliphatic carbocycles. The van der Waals surface area contributed by atoms with Gasteiger partial charge < -0.3 is 14.5 Å². The molecule has 0 saturated carbocycles. The molecule has 3 rings (SSSR count). The molecular weight excluding hydrogens is 304 g/mol. The number of nitrogens with zero attached hydrogens (tertiary/aromatic N) is 2. The van der Waals surface area contributed by atoms with Crippen molar-refractivity contribution >= 4 is 11.8 Å². The number of ether oxygens (including phenoxy) is 1. The zero-order valence-electron chi connectivity index (χ0n) is 14.9. The first-order valence-corrected chi connectivity index (χ1v) is 8.57. The lowest BCUT2D eigenvalue weighted by molar-refractivity contribution is -0.144. The van der Waals surface area contributed by atoms with E-state index >= 15 is 0 Å². The van der Waals surface area contributed by atoms with Crippen LogP contribution in [0, 0.1) is 12.8 Å². The molecule has 0 N–H and O–H groups in total. The predicted octanol–water partition coefficient (Wildman–Crippen LogP) is 2.23. The molecule has 1 aromatic carbocycles. The average molecular weight is 330 g/mol. The summed E-state index contributed by atoms with van der Waals surface area (Å²) in [5.41, 5.74) is 0.877. The van der Waals surface area contributed by atoms with E-state index in [1.165, 1.54) is 0 Å². The Morgan fingerprint density at radius 1 is 1.17 bits per heavy atom. The highest BCUT2D eigenvalue weighted by Crippen LogP contribution is 2.29. The molecule has 2 aliphatic heterocycles. The summed E-state index contributed by atoms with van der Waals surface area (Å²) in [5, 5.41) is 0. The van der Waals surface area contributed by atoms with Crippen molar-refractivity contribution in [2.45, 2.75) is 45.8 Å². The Bertz CT molecular complexity index is 644. The van der Waals surface area contributed by atoms with Crippen LogP contribution in [0.4, 0.5) is 0 Å². The van der Waals surface area contributed by atoms with Gasteiger partial charge in [-0.2, -0.15) is 0 Å². The number of hydrogen-bond donors (Lipinski definition) is 0. The zero-order valence-corrected chi connectivity index (χ0v) is 14.9. The van der Waals surface area contributed by atoms with E-state index in [4.69, 9.17) is 4.74 Å². The quantitative estimate of drug-likeness (QED) is 0.854. The summed E-state index contributed by atoms with van der Waals surface area (Å²) in [6.07, 6.45) is 0.376. The lowest BCUT2D eigenvalue weighted by Crippen LogP contribution is -2.58. The first-order valence-electron chi connectivity index (χ1n) is 8.57. The molecule has 2 aliphatic rings. The molecule has 0 bridgehead atoms. The summed E-state index contributed by atoms with van der Waals surface area (Å²) < 4.78 is 5.95. The van der Waals surface area contributed by atoms with Crippen molar-refractivity contribution < 1.29 is 14.3 Å². The maximum Gasteiger partial charge on any atom is 0.228 e. The van der Waals surface area contributed by atoms with Crippen molar-refractivity contribution in [2.75, 3.05) is 19.6 Å². The van der Waals surface area contributed by atoms with Gasteiger partial charge in [-0.3, -0.25) is 9.59 Å². The van der Waals surface area contributed by atoms with E-state index in [1.54, 1.807) is 0 Å². The largest absolute Gasteiger partial charge is 0.486 e. The van der Waals surface area contributed by atoms with Gasteiger partial charge in [0.05, 0.1) is 19.0 Å². The standard InChI is InChI=1S/C19H26N2O3/c1-13-7-5-6-8-16(13)24-15-11-20(12-15)18(23)14-9-17(22)21(10-14)19(2,3)4/h5-8,14-15H,9-12H2,1-4H3. The number of para-hydroxylation sites is 1. The molecule has 0 radical (unpaired) electrons. The van der Waals surface area contributed by atoms with E-state index in [1.807, 2.05) is 61.8 Å². The third-order valence-electron chi connectivity index (χ3n) is 4.83. The summed E-state index contributed by atoms with van der Waals surface area (Å²) in [6, 6.07) is 7.91. The molecule has 2 heterocycles. The fraction of sp³-hybridized carbons (Fsp3) is 0.579. The van der Waals surface area contributed by atoms with E-state index in [0.29, 0.717) is 26.1 Å². The highest BCUT2D eigenvalue weighted by molar-refractivity contribution is 5.90. The molecule has 5 nitrogen and oxygen atoms in total. The Balaban J connectivity index is 1.52. The fourth-order valence-electron chi connectivity index (χ4n) is 3.34. The van der Waals surface area contributed by atoms with Crippen molar-refractivity contribution in [3.8, 4) is 5.75 Å². The maximum atomic E-state index is 12.6. The fourth-order valence-corrected chi connectivity index (χ4v) is 3.34. The van der Waals surface area contributed by atoms with Crippen molar-refractivity contribution in [3.05, 3.63) is 29.8 Å². The molecule has 0 spiro atoms. The third-order valence-corrected chi connectivity index (χ3v) is 4.83. The smallest absolute Gasteiger partial charge is 0.228 e. The van der Waals surface area contributed by atoms with Gasteiger partial charge in [-0.05, 0) is 39.3 Å². The third kappa shape index (κ3) is 3.25. The van der Waals surface area contributed by atoms with Gasteiger partial charge in [-0.15, -0.1) is 0 Å². The van der Waals surface area contributed by atoms with Crippen LogP contribution < -0.4 is 4.74 Å². The summed E-state index contributed by atoms with van der Waals surface area (Å²) in [7, 11) is 0. The van der Waals surface area contributed by atoms with Crippen LogP contribution in [0.15, 0.2) is 24.3 Å². The number of amides is 2. The van der Waals surface area contributed by atoms with Crippen LogP contribution in [-0.4, -0.2) is 52.9 Å². The van der Waals surface area contributed by atoms with Gasteiger partial charge in [0.25, 0.3) is 0 Å². The lowest BCUT2D eigenvalue weighted by atomic mass is 10.0. The monoisotopic (exact) mass is 330 g/mol. The lowest BCUT2D eigenvalue weighted by Gasteiger charge is -2.40. The second-order valence-electron chi connectivity index (χ2n) is 7.82. The average Bonchev–Trinajstić information content (AvgIpc) is 2.85. The molecule has 2 saturated heterocycles. The van der Waals surface area contributed by atoms with Crippen LogP contribution in [0.1, 0.15) is 32.8 Å². The zero-order chi connectivity index (χ0) is 17.5. The molecular formula is C19H26N2O3. The van der Waals surface area contributed by atoms with Crippen LogP contribution in [-0.2, 0) is 9.59 Å². The molecule has 2 amide bonds. The van der Waals surface area contributed by atoms with Crippen LogP contribution in [0.5, 0.6) is 5.75 Å². The Hall–Kier alpha value is -2.04. The first kappa shape index (κ1) is 16.8. The number of aryl methyl sites for hydroxylation is 1. The molecule has 1 aromatic rings. The number of carbonyl (C=O) groups excluding carboxylic acids is 2. The summed E-state index contributed by atoms with van der Waals surface area (Å²) >= 11 is 0. The Kier molecular flexibility index (Phi) is 4.28. The van der Waals surface area contributed by atoms with Crippen LogP contribution >= 0.6 is 0 Å². The van der Waals surface area contributed by atoms with E-state index < -0.39 is 0 Å². The van der Waals surface area contributed by atoms with Crippen molar-refractivity contribution in [1.29, 1.82) is 0 Å². The number of rotatable bonds is 3. The number of carbonyl (C=O) groups is 2. The second-order valence-corrected chi connectivity index (χ2v) is 7.82. The van der Waals surface area contributed by atoms with Crippen LogP contribution in [0.2, 0.25) is 0 Å². The molecule has 130 valence electrons. The SMILES string of the molecule is Cc1ccccc1OC1CN(C(=O)C2CC(=O)N(C(C)(C)C)C2)C1. The second kappa shape index (κ2) is 6.11. The van der Waals surface area contributed by atoms with Crippen LogP contribution in [0.3, 0.4) is 0 Å². The first-order chi connectivity index (χ1) is 11.3. The van der Waals surface area contributed by atoms with Gasteiger partial charge in [0.15, 0.2) is 0 Å². The van der Waals surface area contributed by atoms with E-state index in [9.17, 15) is 9.59 Å². The minimum Gasteiger partial charge on any atom is -0.486 e. The van der Waals surface area contributed by atoms with Gasteiger partial charge in [-0.25, -0.2) is 0 Å². The van der Waals surface area contributed by atoms with Gasteiger partial charge in [0, 0.05) is 18.5 Å². The van der Waals surface area contributed by atoms with Crippen molar-refractivity contribution in [3.63, 3.8) is 0 Å². The molecule has 1 atom stereocenters. The Morgan fingerprint density at radius 2 is 1.83 bits per heavy atom. The number of hydrogen-bond acceptors (Lipinski definition) is 3. The van der Waals surface area contributed by atoms with Crippen LogP contribution in [0.25, 0.3) is 0 Å². The summed E-state index contributed by atoms with van der Waals surface area (Å²) in [4.78, 5) is 28.4. The molecule has 2 fully saturated rings. The van der Waals surface area contributed by atoms with E-state index in [0.717, 1.165) is 11.3 Å². The number of likely N-dealkylation sites (tertiary alicyclic amines) is 2. The predicted molar refractivity (Wildman–Crippen MR) is 91.7 cm³/mol. The Labute approximate surface area is 143 Å².